The third-order valence-corrected chi connectivity index (χ3v) is 3.76. The fourth-order valence-electron chi connectivity index (χ4n) is 2.61. The molecule has 1 N–H and O–H groups in total. The highest BCUT2D eigenvalue weighted by Gasteiger charge is 2.37. The lowest BCUT2D eigenvalue weighted by atomic mass is 9.86. The van der Waals surface area contributed by atoms with Gasteiger partial charge in [-0.2, -0.15) is 0 Å². The Balaban J connectivity index is 3.04. The van der Waals surface area contributed by atoms with E-state index in [-0.39, 0.29) is 11.6 Å². The van der Waals surface area contributed by atoms with Crippen molar-refractivity contribution >= 4 is 0 Å². The fraction of sp³-hybridized carbons (Fsp3) is 0.786. The first kappa shape index (κ1) is 15.2. The smallest absolute Gasteiger partial charge is 0.0950 e. The van der Waals surface area contributed by atoms with Crippen LogP contribution in [0.4, 0.5) is 0 Å². The number of hydrogen-bond acceptors (Lipinski definition) is 3. The predicted molar refractivity (Wildman–Crippen MR) is 74.6 cm³/mol. The molecule has 1 atom stereocenters. The van der Waals surface area contributed by atoms with Crippen LogP contribution in [0.15, 0.2) is 12.5 Å². The van der Waals surface area contributed by atoms with Gasteiger partial charge in [-0.05, 0) is 33.7 Å². The molecule has 0 aromatic carbocycles. The third kappa shape index (κ3) is 2.93. The number of rotatable bonds is 8. The minimum absolute atomic E-state index is 0.139. The van der Waals surface area contributed by atoms with Gasteiger partial charge >= 0.3 is 0 Å². The number of ether oxygens (including phenoxy) is 1. The zero-order valence-corrected chi connectivity index (χ0v) is 12.4. The van der Waals surface area contributed by atoms with E-state index < -0.39 is 0 Å². The minimum atomic E-state index is -0.170. The molecule has 1 aromatic heterocycles. The Morgan fingerprint density at radius 2 is 2.00 bits per heavy atom. The molecule has 0 aliphatic rings. The van der Waals surface area contributed by atoms with Gasteiger partial charge in [-0.15, -0.1) is 0 Å². The Bertz CT molecular complexity index is 345. The van der Waals surface area contributed by atoms with E-state index in [2.05, 4.69) is 48.8 Å². The summed E-state index contributed by atoms with van der Waals surface area (Å²) in [6.07, 6.45) is 5.95. The molecule has 4 nitrogen and oxygen atoms in total. The maximum absolute atomic E-state index is 6.07. The van der Waals surface area contributed by atoms with Gasteiger partial charge in [-0.25, -0.2) is 4.98 Å². The molecule has 0 amide bonds. The molecule has 104 valence electrons. The van der Waals surface area contributed by atoms with Gasteiger partial charge in [0.15, 0.2) is 0 Å². The number of likely N-dealkylation sites (N-methyl/N-ethyl adjacent to an activating group) is 1. The summed E-state index contributed by atoms with van der Waals surface area (Å²) in [5.41, 5.74) is 0.896. The molecule has 0 aliphatic carbocycles. The number of aryl methyl sites for hydroxylation is 1. The van der Waals surface area contributed by atoms with Crippen LogP contribution in [0.1, 0.15) is 52.3 Å². The number of nitrogens with zero attached hydrogens (tertiary/aromatic N) is 2. The Kier molecular flexibility index (Phi) is 5.82. The van der Waals surface area contributed by atoms with E-state index in [0.29, 0.717) is 0 Å². The van der Waals surface area contributed by atoms with Crippen molar-refractivity contribution in [1.29, 1.82) is 0 Å². The van der Waals surface area contributed by atoms with Gasteiger partial charge in [0.05, 0.1) is 23.7 Å². The second-order valence-corrected chi connectivity index (χ2v) is 4.56. The molecule has 0 aliphatic heterocycles. The van der Waals surface area contributed by atoms with Crippen LogP contribution < -0.4 is 5.32 Å². The molecule has 0 bridgehead atoms. The first-order valence-corrected chi connectivity index (χ1v) is 7.00. The SMILES string of the molecule is CCOC(CC)(CC)C(NC)c1cn(CC)cn1. The molecule has 1 unspecified atom stereocenters. The van der Waals surface area contributed by atoms with Crippen LogP contribution in [0.2, 0.25) is 0 Å². The lowest BCUT2D eigenvalue weighted by molar-refractivity contribution is -0.0726. The largest absolute Gasteiger partial charge is 0.373 e. The average molecular weight is 253 g/mol. The van der Waals surface area contributed by atoms with Gasteiger partial charge in [0.2, 0.25) is 0 Å². The van der Waals surface area contributed by atoms with Crippen molar-refractivity contribution in [3.8, 4) is 0 Å². The zero-order chi connectivity index (χ0) is 13.6. The van der Waals surface area contributed by atoms with E-state index in [1.165, 1.54) is 0 Å². The van der Waals surface area contributed by atoms with Crippen molar-refractivity contribution in [2.75, 3.05) is 13.7 Å². The van der Waals surface area contributed by atoms with E-state index >= 15 is 0 Å². The van der Waals surface area contributed by atoms with Crippen LogP contribution in [0.5, 0.6) is 0 Å². The molecule has 0 spiro atoms. The van der Waals surface area contributed by atoms with Crippen LogP contribution in [0, 0.1) is 0 Å². The van der Waals surface area contributed by atoms with Crippen LogP contribution in [0.25, 0.3) is 0 Å². The third-order valence-electron chi connectivity index (χ3n) is 3.76. The quantitative estimate of drug-likeness (QED) is 0.774. The highest BCUT2D eigenvalue weighted by Crippen LogP contribution is 2.34. The standard InChI is InChI=1S/C14H27N3O/c1-6-14(7-2,18-9-4)13(15-5)12-10-17(8-3)11-16-12/h10-11,13,15H,6-9H2,1-5H3. The van der Waals surface area contributed by atoms with Crippen LogP contribution >= 0.6 is 0 Å². The molecule has 4 heteroatoms. The van der Waals surface area contributed by atoms with Crippen molar-refractivity contribution in [2.24, 2.45) is 0 Å². The normalized spacial score (nSPS) is 13.8. The molecule has 0 radical (unpaired) electrons. The fourth-order valence-corrected chi connectivity index (χ4v) is 2.61. The lowest BCUT2D eigenvalue weighted by Crippen LogP contribution is -2.44. The zero-order valence-electron chi connectivity index (χ0n) is 12.4. The Labute approximate surface area is 111 Å². The molecule has 1 aromatic rings. The summed E-state index contributed by atoms with van der Waals surface area (Å²) >= 11 is 0. The number of imidazole rings is 1. The van der Waals surface area contributed by atoms with E-state index in [0.717, 1.165) is 31.7 Å². The van der Waals surface area contributed by atoms with Gasteiger partial charge < -0.3 is 14.6 Å². The van der Waals surface area contributed by atoms with Gasteiger partial charge in [-0.3, -0.25) is 0 Å². The second-order valence-electron chi connectivity index (χ2n) is 4.56. The number of nitrogens with one attached hydrogen (secondary N) is 1. The Morgan fingerprint density at radius 3 is 2.39 bits per heavy atom. The van der Waals surface area contributed by atoms with Crippen molar-refractivity contribution < 1.29 is 4.74 Å². The molecule has 1 rings (SSSR count). The summed E-state index contributed by atoms with van der Waals surface area (Å²) in [7, 11) is 1.98. The highest BCUT2D eigenvalue weighted by molar-refractivity contribution is 5.11. The number of hydrogen-bond donors (Lipinski definition) is 1. The lowest BCUT2D eigenvalue weighted by Gasteiger charge is -2.38. The van der Waals surface area contributed by atoms with E-state index in [1.807, 2.05) is 13.4 Å². The maximum Gasteiger partial charge on any atom is 0.0950 e. The summed E-state index contributed by atoms with van der Waals surface area (Å²) in [6.45, 7) is 10.2. The molecule has 0 saturated carbocycles. The first-order valence-electron chi connectivity index (χ1n) is 7.00. The summed E-state index contributed by atoms with van der Waals surface area (Å²) in [6, 6.07) is 0.139. The second kappa shape index (κ2) is 6.90. The van der Waals surface area contributed by atoms with E-state index in [1.54, 1.807) is 0 Å². The van der Waals surface area contributed by atoms with Gasteiger partial charge in [0, 0.05) is 19.3 Å². The van der Waals surface area contributed by atoms with Crippen molar-refractivity contribution in [3.63, 3.8) is 0 Å². The minimum Gasteiger partial charge on any atom is -0.373 e. The summed E-state index contributed by atoms with van der Waals surface area (Å²) in [5, 5.41) is 3.38. The van der Waals surface area contributed by atoms with Gasteiger partial charge in [0.25, 0.3) is 0 Å². The molecule has 18 heavy (non-hydrogen) atoms. The van der Waals surface area contributed by atoms with Crippen LogP contribution in [-0.4, -0.2) is 28.8 Å². The van der Waals surface area contributed by atoms with Crippen LogP contribution in [-0.2, 0) is 11.3 Å². The summed E-state index contributed by atoms with van der Waals surface area (Å²) < 4.78 is 8.17. The van der Waals surface area contributed by atoms with Gasteiger partial charge in [0.1, 0.15) is 0 Å². The van der Waals surface area contributed by atoms with E-state index in [9.17, 15) is 0 Å². The summed E-state index contributed by atoms with van der Waals surface area (Å²) in [5.74, 6) is 0. The van der Waals surface area contributed by atoms with Crippen LogP contribution in [0.3, 0.4) is 0 Å². The molecule has 1 heterocycles. The predicted octanol–water partition coefficient (Wildman–Crippen LogP) is 2.76. The van der Waals surface area contributed by atoms with Crippen molar-refractivity contribution in [1.82, 2.24) is 14.9 Å². The van der Waals surface area contributed by atoms with Crippen molar-refractivity contribution in [2.45, 2.75) is 58.7 Å². The monoisotopic (exact) mass is 253 g/mol. The molecule has 0 saturated heterocycles. The molecule has 0 fully saturated rings. The molecular formula is C14H27N3O. The highest BCUT2D eigenvalue weighted by atomic mass is 16.5. The van der Waals surface area contributed by atoms with Crippen molar-refractivity contribution in [3.05, 3.63) is 18.2 Å². The van der Waals surface area contributed by atoms with E-state index in [4.69, 9.17) is 4.74 Å². The Morgan fingerprint density at radius 1 is 1.33 bits per heavy atom. The summed E-state index contributed by atoms with van der Waals surface area (Å²) in [4.78, 5) is 4.52. The molecular weight excluding hydrogens is 226 g/mol. The topological polar surface area (TPSA) is 39.1 Å². The number of aromatic nitrogens is 2. The van der Waals surface area contributed by atoms with Gasteiger partial charge in [-0.1, -0.05) is 13.8 Å². The average Bonchev–Trinajstić information content (AvgIpc) is 2.87. The maximum atomic E-state index is 6.07. The first-order chi connectivity index (χ1) is 8.67. The Hall–Kier alpha value is -0.870.